The fraction of sp³-hybridized carbons (Fsp3) is 0.364. The van der Waals surface area contributed by atoms with Crippen molar-refractivity contribution >= 4 is 12.2 Å². The quantitative estimate of drug-likeness (QED) is 0.691. The zero-order valence-electron chi connectivity index (χ0n) is 8.49. The van der Waals surface area contributed by atoms with Gasteiger partial charge in [0.05, 0.1) is 5.69 Å². The average molecular weight is 176 g/mol. The van der Waals surface area contributed by atoms with Crippen LogP contribution in [0.25, 0.3) is 12.2 Å². The van der Waals surface area contributed by atoms with Crippen LogP contribution in [0.3, 0.4) is 0 Å². The molecule has 1 aromatic rings. The Morgan fingerprint density at radius 1 is 1.54 bits per heavy atom. The van der Waals surface area contributed by atoms with E-state index in [1.54, 1.807) is 6.08 Å². The lowest BCUT2D eigenvalue weighted by atomic mass is 10.2. The van der Waals surface area contributed by atoms with Crippen molar-refractivity contribution < 1.29 is 0 Å². The summed E-state index contributed by atoms with van der Waals surface area (Å²) in [4.78, 5) is 0. The molecule has 0 bridgehead atoms. The molecule has 0 aliphatic carbocycles. The molecule has 0 saturated carbocycles. The Bertz CT molecular complexity index is 319. The molecule has 0 aromatic carbocycles. The maximum absolute atomic E-state index is 4.39. The maximum Gasteiger partial charge on any atom is 0.0917 e. The molecule has 0 unspecified atom stereocenters. The zero-order chi connectivity index (χ0) is 9.84. The molecule has 0 radical (unpaired) electrons. The zero-order valence-corrected chi connectivity index (χ0v) is 8.49. The largest absolute Gasteiger partial charge is 0.269 e. The highest BCUT2D eigenvalue weighted by Gasteiger charge is 2.04. The second-order valence-corrected chi connectivity index (χ2v) is 3.25. The molecule has 0 amide bonds. The van der Waals surface area contributed by atoms with Crippen molar-refractivity contribution in [3.8, 4) is 0 Å². The van der Waals surface area contributed by atoms with Gasteiger partial charge in [0.1, 0.15) is 0 Å². The summed E-state index contributed by atoms with van der Waals surface area (Å²) in [5.41, 5.74) is 2.08. The molecule has 70 valence electrons. The number of hydrogen-bond acceptors (Lipinski definition) is 1. The summed E-state index contributed by atoms with van der Waals surface area (Å²) < 4.78 is 1.95. The topological polar surface area (TPSA) is 17.8 Å². The van der Waals surface area contributed by atoms with Crippen molar-refractivity contribution in [2.45, 2.75) is 26.8 Å². The lowest BCUT2D eigenvalue weighted by Crippen LogP contribution is -2.00. The van der Waals surface area contributed by atoms with Crippen LogP contribution in [0.5, 0.6) is 0 Å². The summed E-state index contributed by atoms with van der Waals surface area (Å²) in [5.74, 6) is 0. The number of aromatic nitrogens is 2. The Morgan fingerprint density at radius 3 is 2.69 bits per heavy atom. The molecular weight excluding hydrogens is 160 g/mol. The second-order valence-electron chi connectivity index (χ2n) is 3.25. The monoisotopic (exact) mass is 176 g/mol. The van der Waals surface area contributed by atoms with Crippen molar-refractivity contribution in [1.82, 2.24) is 9.78 Å². The Balaban J connectivity index is 3.11. The van der Waals surface area contributed by atoms with Gasteiger partial charge in [-0.25, -0.2) is 0 Å². The molecule has 1 aromatic heterocycles. The number of allylic oxidation sites excluding steroid dienone is 1. The summed E-state index contributed by atoms with van der Waals surface area (Å²) in [6, 6.07) is 0.401. The molecule has 0 aliphatic rings. The van der Waals surface area contributed by atoms with Gasteiger partial charge in [-0.1, -0.05) is 18.7 Å². The maximum atomic E-state index is 4.39. The molecule has 13 heavy (non-hydrogen) atoms. The Kier molecular flexibility index (Phi) is 3.07. The van der Waals surface area contributed by atoms with E-state index in [-0.39, 0.29) is 0 Å². The van der Waals surface area contributed by atoms with Gasteiger partial charge >= 0.3 is 0 Å². The van der Waals surface area contributed by atoms with Gasteiger partial charge in [0, 0.05) is 17.8 Å². The summed E-state index contributed by atoms with van der Waals surface area (Å²) in [7, 11) is 0. The first-order valence-electron chi connectivity index (χ1n) is 4.53. The van der Waals surface area contributed by atoms with Gasteiger partial charge in [0.25, 0.3) is 0 Å². The summed E-state index contributed by atoms with van der Waals surface area (Å²) in [6.07, 6.45) is 7.88. The van der Waals surface area contributed by atoms with Gasteiger partial charge in [-0.15, -0.1) is 0 Å². The number of hydrogen-bond donors (Lipinski definition) is 0. The number of rotatable bonds is 3. The van der Waals surface area contributed by atoms with E-state index in [0.29, 0.717) is 6.04 Å². The van der Waals surface area contributed by atoms with Crippen LogP contribution in [0, 0.1) is 0 Å². The van der Waals surface area contributed by atoms with Crippen LogP contribution in [0.4, 0.5) is 0 Å². The average Bonchev–Trinajstić information content (AvgIpc) is 2.48. The van der Waals surface area contributed by atoms with Crippen LogP contribution in [-0.2, 0) is 0 Å². The first-order chi connectivity index (χ1) is 6.19. The van der Waals surface area contributed by atoms with Gasteiger partial charge in [-0.05, 0) is 26.8 Å². The van der Waals surface area contributed by atoms with E-state index in [0.717, 1.165) is 11.3 Å². The molecule has 0 saturated heterocycles. The van der Waals surface area contributed by atoms with E-state index in [2.05, 4.69) is 25.5 Å². The number of nitrogens with zero attached hydrogens (tertiary/aromatic N) is 2. The van der Waals surface area contributed by atoms with Crippen molar-refractivity contribution in [1.29, 1.82) is 0 Å². The molecule has 0 N–H and O–H groups in total. The molecule has 0 aliphatic heterocycles. The van der Waals surface area contributed by atoms with E-state index in [1.807, 2.05) is 30.0 Å². The van der Waals surface area contributed by atoms with Crippen molar-refractivity contribution in [3.05, 3.63) is 30.1 Å². The first kappa shape index (κ1) is 9.78. The van der Waals surface area contributed by atoms with Gasteiger partial charge in [-0.3, -0.25) is 4.68 Å². The van der Waals surface area contributed by atoms with E-state index in [4.69, 9.17) is 0 Å². The highest BCUT2D eigenvalue weighted by atomic mass is 15.3. The Hall–Kier alpha value is -1.31. The third-order valence-electron chi connectivity index (χ3n) is 1.86. The summed E-state index contributed by atoms with van der Waals surface area (Å²) in [6.45, 7) is 9.96. The van der Waals surface area contributed by atoms with Gasteiger partial charge in [0.2, 0.25) is 0 Å². The minimum absolute atomic E-state index is 0.401. The predicted molar refractivity (Wildman–Crippen MR) is 57.4 cm³/mol. The smallest absolute Gasteiger partial charge is 0.0917 e. The third-order valence-corrected chi connectivity index (χ3v) is 1.86. The standard InChI is InChI=1S/C11H16N2/c1-5-7-10-8-13(9(3)4)12-11(10)6-2/h5-9H,2H2,1,3-4H3/b7-5-. The van der Waals surface area contributed by atoms with Gasteiger partial charge < -0.3 is 0 Å². The van der Waals surface area contributed by atoms with Crippen molar-refractivity contribution in [3.63, 3.8) is 0 Å². The fourth-order valence-corrected chi connectivity index (χ4v) is 1.15. The lowest BCUT2D eigenvalue weighted by Gasteiger charge is -2.02. The van der Waals surface area contributed by atoms with E-state index < -0.39 is 0 Å². The molecular formula is C11H16N2. The molecule has 1 rings (SSSR count). The predicted octanol–water partition coefficient (Wildman–Crippen LogP) is 3.14. The minimum atomic E-state index is 0.401. The normalized spacial score (nSPS) is 11.4. The summed E-state index contributed by atoms with van der Waals surface area (Å²) in [5, 5.41) is 4.39. The van der Waals surface area contributed by atoms with Gasteiger partial charge in [0.15, 0.2) is 0 Å². The van der Waals surface area contributed by atoms with E-state index >= 15 is 0 Å². The fourth-order valence-electron chi connectivity index (χ4n) is 1.15. The van der Waals surface area contributed by atoms with Crippen LogP contribution in [0.15, 0.2) is 18.9 Å². The van der Waals surface area contributed by atoms with E-state index in [1.165, 1.54) is 0 Å². The minimum Gasteiger partial charge on any atom is -0.269 e. The molecule has 2 heteroatoms. The SMILES string of the molecule is C=Cc1nn(C(C)C)cc1/C=C\C. The highest BCUT2D eigenvalue weighted by molar-refractivity contribution is 5.60. The van der Waals surface area contributed by atoms with Crippen molar-refractivity contribution in [2.75, 3.05) is 0 Å². The van der Waals surface area contributed by atoms with Crippen LogP contribution in [0.2, 0.25) is 0 Å². The van der Waals surface area contributed by atoms with Crippen molar-refractivity contribution in [2.24, 2.45) is 0 Å². The second kappa shape index (κ2) is 4.08. The highest BCUT2D eigenvalue weighted by Crippen LogP contribution is 2.13. The summed E-state index contributed by atoms with van der Waals surface area (Å²) >= 11 is 0. The first-order valence-corrected chi connectivity index (χ1v) is 4.53. The third kappa shape index (κ3) is 2.08. The van der Waals surface area contributed by atoms with Crippen LogP contribution in [-0.4, -0.2) is 9.78 Å². The molecule has 2 nitrogen and oxygen atoms in total. The van der Waals surface area contributed by atoms with Crippen LogP contribution >= 0.6 is 0 Å². The van der Waals surface area contributed by atoms with Crippen LogP contribution < -0.4 is 0 Å². The molecule has 0 spiro atoms. The van der Waals surface area contributed by atoms with E-state index in [9.17, 15) is 0 Å². The molecule has 0 atom stereocenters. The lowest BCUT2D eigenvalue weighted by molar-refractivity contribution is 0.531. The Morgan fingerprint density at radius 2 is 2.23 bits per heavy atom. The Labute approximate surface area is 79.6 Å². The molecule has 0 fully saturated rings. The van der Waals surface area contributed by atoms with Crippen LogP contribution in [0.1, 0.15) is 38.1 Å². The molecule has 1 heterocycles. The van der Waals surface area contributed by atoms with Gasteiger partial charge in [-0.2, -0.15) is 5.10 Å².